The Hall–Kier alpha value is -0.870. The molecule has 0 saturated carbocycles. The fraction of sp³-hybridized carbons (Fsp3) is 0.500. The molecule has 0 atom stereocenters. The van der Waals surface area contributed by atoms with Gasteiger partial charge in [-0.25, -0.2) is 0 Å². The monoisotopic (exact) mass is 351 g/mol. The number of pyridine rings is 1. The van der Waals surface area contributed by atoms with E-state index in [9.17, 15) is 0 Å². The van der Waals surface area contributed by atoms with Crippen molar-refractivity contribution in [2.75, 3.05) is 26.2 Å². The summed E-state index contributed by atoms with van der Waals surface area (Å²) >= 11 is 6.30. The van der Waals surface area contributed by atoms with E-state index in [1.807, 2.05) is 18.3 Å². The van der Waals surface area contributed by atoms with Crippen molar-refractivity contribution in [3.8, 4) is 0 Å². The quantitative estimate of drug-likeness (QED) is 0.889. The fourth-order valence-electron chi connectivity index (χ4n) is 4.09. The van der Waals surface area contributed by atoms with Crippen LogP contribution in [-0.2, 0) is 6.54 Å². The molecular weight excluding hydrogens is 329 g/mol. The van der Waals surface area contributed by atoms with Crippen molar-refractivity contribution in [2.24, 2.45) is 5.41 Å². The van der Waals surface area contributed by atoms with Crippen LogP contribution in [0.2, 0.25) is 5.02 Å². The number of rotatable bonds is 2. The number of hydrogen-bond acceptors (Lipinski definition) is 3. The van der Waals surface area contributed by atoms with Gasteiger partial charge in [0.25, 0.3) is 0 Å². The number of fused-ring (bicyclic) bond motifs is 1. The molecule has 5 heteroatoms. The minimum atomic E-state index is 0. The molecule has 4 rings (SSSR count). The van der Waals surface area contributed by atoms with Crippen molar-refractivity contribution in [3.63, 3.8) is 0 Å². The summed E-state index contributed by atoms with van der Waals surface area (Å²) in [6, 6.07) is 8.17. The molecule has 0 amide bonds. The van der Waals surface area contributed by atoms with Crippen LogP contribution in [0, 0.1) is 5.41 Å². The summed E-state index contributed by atoms with van der Waals surface area (Å²) in [4.78, 5) is 7.17. The van der Waals surface area contributed by atoms with E-state index in [0.717, 1.165) is 22.5 Å². The van der Waals surface area contributed by atoms with Crippen LogP contribution in [0.1, 0.15) is 24.8 Å². The Kier molecular flexibility index (Phi) is 5.12. The number of halogens is 2. The van der Waals surface area contributed by atoms with Crippen molar-refractivity contribution in [2.45, 2.75) is 25.8 Å². The molecule has 1 N–H and O–H groups in total. The highest BCUT2D eigenvalue weighted by atomic mass is 35.5. The van der Waals surface area contributed by atoms with Gasteiger partial charge in [-0.2, -0.15) is 0 Å². The molecule has 0 radical (unpaired) electrons. The highest BCUT2D eigenvalue weighted by molar-refractivity contribution is 6.35. The van der Waals surface area contributed by atoms with Gasteiger partial charge in [-0.1, -0.05) is 17.7 Å². The number of aromatic nitrogens is 1. The van der Waals surface area contributed by atoms with Gasteiger partial charge in [0.1, 0.15) is 0 Å². The first kappa shape index (κ1) is 17.0. The molecule has 2 saturated heterocycles. The average Bonchev–Trinajstić information content (AvgIpc) is 2.93. The van der Waals surface area contributed by atoms with E-state index < -0.39 is 0 Å². The van der Waals surface area contributed by atoms with Crippen LogP contribution in [0.3, 0.4) is 0 Å². The maximum absolute atomic E-state index is 6.30. The first-order valence-electron chi connectivity index (χ1n) is 8.21. The zero-order valence-electron chi connectivity index (χ0n) is 13.2. The number of piperidine rings is 1. The highest BCUT2D eigenvalue weighted by Crippen LogP contribution is 2.39. The van der Waals surface area contributed by atoms with Crippen LogP contribution in [0.5, 0.6) is 0 Å². The maximum Gasteiger partial charge on any atom is 0.0761 e. The fourth-order valence-corrected chi connectivity index (χ4v) is 4.31. The Balaban J connectivity index is 0.00000156. The summed E-state index contributed by atoms with van der Waals surface area (Å²) in [5, 5.41) is 5.35. The van der Waals surface area contributed by atoms with Crippen LogP contribution >= 0.6 is 24.0 Å². The molecule has 1 aromatic carbocycles. The number of nitrogens with zero attached hydrogens (tertiary/aromatic N) is 2. The summed E-state index contributed by atoms with van der Waals surface area (Å²) in [6.45, 7) is 5.78. The first-order valence-corrected chi connectivity index (χ1v) is 8.59. The first-order chi connectivity index (χ1) is 10.8. The molecule has 1 aromatic heterocycles. The lowest BCUT2D eigenvalue weighted by atomic mass is 9.78. The highest BCUT2D eigenvalue weighted by Gasteiger charge is 2.38. The van der Waals surface area contributed by atoms with E-state index in [0.29, 0.717) is 5.41 Å². The second kappa shape index (κ2) is 6.94. The van der Waals surface area contributed by atoms with E-state index >= 15 is 0 Å². The third kappa shape index (κ3) is 3.34. The zero-order chi connectivity index (χ0) is 15.0. The smallest absolute Gasteiger partial charge is 0.0761 e. The molecule has 2 aliphatic heterocycles. The minimum absolute atomic E-state index is 0. The minimum Gasteiger partial charge on any atom is -0.317 e. The lowest BCUT2D eigenvalue weighted by molar-refractivity contribution is 0.194. The summed E-state index contributed by atoms with van der Waals surface area (Å²) in [6.07, 6.45) is 5.85. The lowest BCUT2D eigenvalue weighted by Crippen LogP contribution is -2.38. The predicted octanol–water partition coefficient (Wildman–Crippen LogP) is 3.89. The Labute approximate surface area is 148 Å². The van der Waals surface area contributed by atoms with E-state index in [-0.39, 0.29) is 12.4 Å². The Morgan fingerprint density at radius 1 is 1.17 bits per heavy atom. The van der Waals surface area contributed by atoms with Gasteiger partial charge in [0.05, 0.1) is 5.52 Å². The van der Waals surface area contributed by atoms with Gasteiger partial charge in [0, 0.05) is 29.7 Å². The van der Waals surface area contributed by atoms with Gasteiger partial charge in [-0.3, -0.25) is 9.88 Å². The van der Waals surface area contributed by atoms with Crippen molar-refractivity contribution in [3.05, 3.63) is 41.0 Å². The number of likely N-dealkylation sites (tertiary alicyclic amines) is 1. The van der Waals surface area contributed by atoms with Gasteiger partial charge in [0.2, 0.25) is 0 Å². The standard InChI is InChI=1S/C18H22ClN3.ClH/c19-16-4-3-14(17-15(16)2-1-8-21-17)12-22-11-7-18(13-22)5-9-20-10-6-18;/h1-4,8,20H,5-7,9-13H2;1H. The van der Waals surface area contributed by atoms with E-state index in [4.69, 9.17) is 11.6 Å². The van der Waals surface area contributed by atoms with Crippen LogP contribution in [0.15, 0.2) is 30.5 Å². The van der Waals surface area contributed by atoms with Crippen LogP contribution < -0.4 is 5.32 Å². The van der Waals surface area contributed by atoms with E-state index in [2.05, 4.69) is 27.3 Å². The largest absolute Gasteiger partial charge is 0.317 e. The van der Waals surface area contributed by atoms with Crippen LogP contribution in [-0.4, -0.2) is 36.1 Å². The Bertz CT molecular complexity index is 683. The normalized spacial score (nSPS) is 20.7. The van der Waals surface area contributed by atoms with Crippen molar-refractivity contribution in [1.82, 2.24) is 15.2 Å². The molecule has 0 aliphatic carbocycles. The third-order valence-corrected chi connectivity index (χ3v) is 5.71. The topological polar surface area (TPSA) is 28.2 Å². The second-order valence-electron chi connectivity index (χ2n) is 6.82. The molecule has 23 heavy (non-hydrogen) atoms. The Morgan fingerprint density at radius 3 is 2.83 bits per heavy atom. The summed E-state index contributed by atoms with van der Waals surface area (Å²) < 4.78 is 0. The van der Waals surface area contributed by atoms with Crippen molar-refractivity contribution in [1.29, 1.82) is 0 Å². The van der Waals surface area contributed by atoms with Gasteiger partial charge in [-0.15, -0.1) is 12.4 Å². The molecule has 2 aliphatic rings. The molecular formula is C18H23Cl2N3. The molecule has 1 spiro atoms. The molecule has 2 aromatic rings. The van der Waals surface area contributed by atoms with E-state index in [1.54, 1.807) is 0 Å². The molecule has 124 valence electrons. The van der Waals surface area contributed by atoms with Gasteiger partial charge >= 0.3 is 0 Å². The molecule has 0 bridgehead atoms. The van der Waals surface area contributed by atoms with Gasteiger partial charge in [-0.05, 0) is 68.1 Å². The summed E-state index contributed by atoms with van der Waals surface area (Å²) in [7, 11) is 0. The molecule has 3 heterocycles. The van der Waals surface area contributed by atoms with Crippen molar-refractivity contribution < 1.29 is 0 Å². The third-order valence-electron chi connectivity index (χ3n) is 5.38. The van der Waals surface area contributed by atoms with Crippen LogP contribution in [0.25, 0.3) is 10.9 Å². The molecule has 2 fully saturated rings. The number of nitrogens with one attached hydrogen (secondary N) is 1. The molecule has 0 unspecified atom stereocenters. The number of hydrogen-bond donors (Lipinski definition) is 1. The average molecular weight is 352 g/mol. The van der Waals surface area contributed by atoms with Crippen LogP contribution in [0.4, 0.5) is 0 Å². The maximum atomic E-state index is 6.30. The predicted molar refractivity (Wildman–Crippen MR) is 98.4 cm³/mol. The summed E-state index contributed by atoms with van der Waals surface area (Å²) in [5.41, 5.74) is 2.91. The molecule has 3 nitrogen and oxygen atoms in total. The van der Waals surface area contributed by atoms with Gasteiger partial charge in [0.15, 0.2) is 0 Å². The SMILES string of the molecule is Cl.Clc1ccc(CN2CCC3(CCNCC3)C2)c2ncccc12. The van der Waals surface area contributed by atoms with Crippen molar-refractivity contribution >= 4 is 34.9 Å². The second-order valence-corrected chi connectivity index (χ2v) is 7.22. The number of benzene rings is 1. The summed E-state index contributed by atoms with van der Waals surface area (Å²) in [5.74, 6) is 0. The lowest BCUT2D eigenvalue weighted by Gasteiger charge is -2.34. The zero-order valence-corrected chi connectivity index (χ0v) is 14.8. The van der Waals surface area contributed by atoms with E-state index in [1.165, 1.54) is 51.0 Å². The van der Waals surface area contributed by atoms with Gasteiger partial charge < -0.3 is 5.32 Å². The Morgan fingerprint density at radius 2 is 2.00 bits per heavy atom.